The molecule has 7 heteroatoms. The molecule has 0 aliphatic heterocycles. The Morgan fingerprint density at radius 1 is 1.07 bits per heavy atom. The van der Waals surface area contributed by atoms with Crippen LogP contribution in [0.4, 0.5) is 0 Å². The van der Waals surface area contributed by atoms with E-state index in [0.717, 1.165) is 10.0 Å². The Labute approximate surface area is 183 Å². The predicted molar refractivity (Wildman–Crippen MR) is 119 cm³/mol. The second-order valence-corrected chi connectivity index (χ2v) is 7.19. The molecule has 30 heavy (non-hydrogen) atoms. The van der Waals surface area contributed by atoms with Crippen LogP contribution < -0.4 is 14.9 Å². The van der Waals surface area contributed by atoms with Crippen LogP contribution in [0.5, 0.6) is 17.2 Å². The highest BCUT2D eigenvalue weighted by Crippen LogP contribution is 2.26. The molecular weight excluding hydrogens is 448 g/mol. The predicted octanol–water partition coefficient (Wildman–Crippen LogP) is 4.90. The van der Waals surface area contributed by atoms with Crippen molar-refractivity contribution in [2.24, 2.45) is 5.10 Å². The summed E-state index contributed by atoms with van der Waals surface area (Å²) < 4.78 is 12.1. The van der Waals surface area contributed by atoms with Crippen molar-refractivity contribution in [2.75, 3.05) is 6.61 Å². The number of para-hydroxylation sites is 1. The highest BCUT2D eigenvalue weighted by atomic mass is 79.9. The lowest BCUT2D eigenvalue weighted by Crippen LogP contribution is -2.18. The molecule has 3 aromatic carbocycles. The van der Waals surface area contributed by atoms with Crippen molar-refractivity contribution in [1.82, 2.24) is 5.43 Å². The average Bonchev–Trinajstić information content (AvgIpc) is 2.75. The molecule has 0 saturated heterocycles. The fourth-order valence-corrected chi connectivity index (χ4v) is 2.90. The summed E-state index contributed by atoms with van der Waals surface area (Å²) in [5.74, 6) is 0.481. The minimum absolute atomic E-state index is 0.0128. The van der Waals surface area contributed by atoms with Gasteiger partial charge in [0.15, 0.2) is 11.5 Å². The van der Waals surface area contributed by atoms with Gasteiger partial charge in [0.05, 0.1) is 18.4 Å². The molecule has 0 fully saturated rings. The molecule has 0 spiro atoms. The van der Waals surface area contributed by atoms with Crippen molar-refractivity contribution < 1.29 is 19.4 Å². The van der Waals surface area contributed by atoms with E-state index in [1.807, 2.05) is 31.2 Å². The van der Waals surface area contributed by atoms with Gasteiger partial charge in [-0.2, -0.15) is 5.10 Å². The van der Waals surface area contributed by atoms with Crippen molar-refractivity contribution in [2.45, 2.75) is 13.5 Å². The molecule has 3 rings (SSSR count). The molecule has 0 saturated carbocycles. The lowest BCUT2D eigenvalue weighted by molar-refractivity contribution is 0.0950. The summed E-state index contributed by atoms with van der Waals surface area (Å²) in [4.78, 5) is 12.5. The fourth-order valence-electron chi connectivity index (χ4n) is 2.64. The van der Waals surface area contributed by atoms with Gasteiger partial charge in [-0.3, -0.25) is 4.79 Å². The minimum atomic E-state index is -0.396. The van der Waals surface area contributed by atoms with E-state index in [9.17, 15) is 9.90 Å². The van der Waals surface area contributed by atoms with Gasteiger partial charge in [-0.25, -0.2) is 5.43 Å². The van der Waals surface area contributed by atoms with Crippen LogP contribution in [0.15, 0.2) is 76.3 Å². The van der Waals surface area contributed by atoms with Crippen molar-refractivity contribution in [1.29, 1.82) is 0 Å². The van der Waals surface area contributed by atoms with E-state index < -0.39 is 5.91 Å². The molecule has 0 bridgehead atoms. The maximum Gasteiger partial charge on any atom is 0.275 e. The third kappa shape index (κ3) is 5.84. The first-order valence-electron chi connectivity index (χ1n) is 9.32. The van der Waals surface area contributed by atoms with Crippen molar-refractivity contribution >= 4 is 28.1 Å². The maximum absolute atomic E-state index is 12.5. The van der Waals surface area contributed by atoms with E-state index in [1.165, 1.54) is 12.3 Å². The molecule has 0 atom stereocenters. The number of halogens is 1. The highest BCUT2D eigenvalue weighted by Gasteiger charge is 2.11. The zero-order chi connectivity index (χ0) is 21.3. The van der Waals surface area contributed by atoms with Crippen LogP contribution in [-0.4, -0.2) is 23.8 Å². The van der Waals surface area contributed by atoms with Gasteiger partial charge in [0, 0.05) is 4.47 Å². The number of nitrogens with one attached hydrogen (secondary N) is 1. The summed E-state index contributed by atoms with van der Waals surface area (Å²) in [7, 11) is 0. The lowest BCUT2D eigenvalue weighted by atomic mass is 10.2. The van der Waals surface area contributed by atoms with E-state index in [4.69, 9.17) is 9.47 Å². The first-order valence-corrected chi connectivity index (χ1v) is 10.1. The van der Waals surface area contributed by atoms with Crippen LogP contribution in [-0.2, 0) is 6.61 Å². The summed E-state index contributed by atoms with van der Waals surface area (Å²) in [5.41, 5.74) is 4.47. The van der Waals surface area contributed by atoms with Gasteiger partial charge >= 0.3 is 0 Å². The minimum Gasteiger partial charge on any atom is -0.504 e. The number of ether oxygens (including phenoxy) is 2. The van der Waals surface area contributed by atoms with Crippen molar-refractivity contribution in [3.05, 3.63) is 87.9 Å². The molecule has 0 heterocycles. The van der Waals surface area contributed by atoms with Crippen LogP contribution >= 0.6 is 15.9 Å². The topological polar surface area (TPSA) is 80.2 Å². The number of aromatic hydroxyl groups is 1. The number of rotatable bonds is 8. The van der Waals surface area contributed by atoms with Gasteiger partial charge in [0.1, 0.15) is 12.4 Å². The summed E-state index contributed by atoms with van der Waals surface area (Å²) in [6.45, 7) is 2.64. The van der Waals surface area contributed by atoms with Crippen LogP contribution in [0, 0.1) is 0 Å². The van der Waals surface area contributed by atoms with E-state index in [1.54, 1.807) is 36.4 Å². The molecule has 1 amide bonds. The van der Waals surface area contributed by atoms with Gasteiger partial charge in [-0.05, 0) is 60.5 Å². The van der Waals surface area contributed by atoms with Crippen LogP contribution in [0.25, 0.3) is 0 Å². The van der Waals surface area contributed by atoms with Gasteiger partial charge in [-0.15, -0.1) is 0 Å². The highest BCUT2D eigenvalue weighted by molar-refractivity contribution is 9.10. The molecule has 0 aliphatic carbocycles. The number of benzene rings is 3. The Balaban J connectivity index is 1.63. The molecule has 0 aromatic heterocycles. The van der Waals surface area contributed by atoms with Crippen LogP contribution in [0.2, 0.25) is 0 Å². The van der Waals surface area contributed by atoms with E-state index in [0.29, 0.717) is 35.8 Å². The molecule has 154 valence electrons. The first-order chi connectivity index (χ1) is 14.6. The number of hydrazone groups is 1. The van der Waals surface area contributed by atoms with Gasteiger partial charge in [-0.1, -0.05) is 40.2 Å². The van der Waals surface area contributed by atoms with E-state index in [2.05, 4.69) is 26.5 Å². The number of phenolic OH excluding ortho intramolecular Hbond substituents is 1. The summed E-state index contributed by atoms with van der Waals surface area (Å²) in [6.07, 6.45) is 1.44. The van der Waals surface area contributed by atoms with E-state index >= 15 is 0 Å². The zero-order valence-electron chi connectivity index (χ0n) is 16.3. The smallest absolute Gasteiger partial charge is 0.275 e. The quantitative estimate of drug-likeness (QED) is 0.364. The van der Waals surface area contributed by atoms with Gasteiger partial charge in [0.2, 0.25) is 0 Å². The number of amides is 1. The monoisotopic (exact) mass is 468 g/mol. The average molecular weight is 469 g/mol. The van der Waals surface area contributed by atoms with E-state index in [-0.39, 0.29) is 5.75 Å². The third-order valence-electron chi connectivity index (χ3n) is 4.10. The number of hydrogen-bond donors (Lipinski definition) is 2. The Bertz CT molecular complexity index is 1040. The fraction of sp³-hybridized carbons (Fsp3) is 0.130. The van der Waals surface area contributed by atoms with Crippen LogP contribution in [0.3, 0.4) is 0 Å². The molecule has 0 aliphatic rings. The Morgan fingerprint density at radius 3 is 2.57 bits per heavy atom. The number of nitrogens with zero attached hydrogens (tertiary/aromatic N) is 1. The molecule has 0 unspecified atom stereocenters. The molecule has 2 N–H and O–H groups in total. The van der Waals surface area contributed by atoms with Gasteiger partial charge < -0.3 is 14.6 Å². The summed E-state index contributed by atoms with van der Waals surface area (Å²) in [5, 5.41) is 13.9. The summed E-state index contributed by atoms with van der Waals surface area (Å²) in [6, 6.07) is 19.6. The first kappa shape index (κ1) is 21.4. The van der Waals surface area contributed by atoms with Crippen molar-refractivity contribution in [3.8, 4) is 17.2 Å². The summed E-state index contributed by atoms with van der Waals surface area (Å²) >= 11 is 3.40. The Morgan fingerprint density at radius 2 is 1.83 bits per heavy atom. The zero-order valence-corrected chi connectivity index (χ0v) is 17.9. The van der Waals surface area contributed by atoms with Crippen molar-refractivity contribution in [3.63, 3.8) is 0 Å². The lowest BCUT2D eigenvalue weighted by Gasteiger charge is -2.10. The normalized spacial score (nSPS) is 10.7. The molecular formula is C23H21BrN2O4. The number of carbonyl (C=O) groups excluding carboxylic acids is 1. The SMILES string of the molecule is CCOc1ccc(/C=N\NC(=O)c2ccccc2OCc2ccc(Br)cc2)cc1O. The number of hydrogen-bond acceptors (Lipinski definition) is 5. The Kier molecular flexibility index (Phi) is 7.45. The number of carbonyl (C=O) groups is 1. The second-order valence-electron chi connectivity index (χ2n) is 6.27. The molecule has 0 radical (unpaired) electrons. The number of phenols is 1. The second kappa shape index (κ2) is 10.5. The van der Waals surface area contributed by atoms with Gasteiger partial charge in [0.25, 0.3) is 5.91 Å². The van der Waals surface area contributed by atoms with Crippen LogP contribution in [0.1, 0.15) is 28.4 Å². The molecule has 3 aromatic rings. The standard InChI is InChI=1S/C23H21BrN2O4/c1-2-29-22-12-9-17(13-20(22)27)14-25-26-23(28)19-5-3-4-6-21(19)30-15-16-7-10-18(24)11-8-16/h3-14,27H,2,15H2,1H3,(H,26,28)/b25-14-. The molecule has 6 nitrogen and oxygen atoms in total. The maximum atomic E-state index is 12.5. The largest absolute Gasteiger partial charge is 0.504 e. The third-order valence-corrected chi connectivity index (χ3v) is 4.63. The Hall–Kier alpha value is -3.32.